The Bertz CT molecular complexity index is 761. The van der Waals surface area contributed by atoms with Crippen LogP contribution in [0, 0.1) is 11.8 Å². The minimum atomic E-state index is 0.00937. The monoisotopic (exact) mass is 359 g/mol. The molecule has 0 radical (unpaired) electrons. The fourth-order valence-corrected chi connectivity index (χ4v) is 4.46. The van der Waals surface area contributed by atoms with Crippen LogP contribution in [0.5, 0.6) is 0 Å². The summed E-state index contributed by atoms with van der Waals surface area (Å²) in [5, 5.41) is 2.02. The van der Waals surface area contributed by atoms with Gasteiger partial charge in [0.2, 0.25) is 5.91 Å². The Morgan fingerprint density at radius 2 is 2.20 bits per heavy atom. The van der Waals surface area contributed by atoms with Gasteiger partial charge in [-0.25, -0.2) is 0 Å². The summed E-state index contributed by atoms with van der Waals surface area (Å²) in [5.41, 5.74) is 1.64. The van der Waals surface area contributed by atoms with E-state index in [1.54, 1.807) is 11.3 Å². The maximum atomic E-state index is 13.0. The number of fused-ring (bicyclic) bond motifs is 1. The van der Waals surface area contributed by atoms with E-state index in [1.165, 1.54) is 12.8 Å². The van der Waals surface area contributed by atoms with Gasteiger partial charge in [-0.3, -0.25) is 9.59 Å². The number of rotatable bonds is 4. The maximum absolute atomic E-state index is 13.0. The Morgan fingerprint density at radius 1 is 1.40 bits per heavy atom. The summed E-state index contributed by atoms with van der Waals surface area (Å²) >= 11 is 1.63. The first-order valence-electron chi connectivity index (χ1n) is 9.18. The molecule has 25 heavy (non-hydrogen) atoms. The zero-order valence-electron chi connectivity index (χ0n) is 14.8. The van der Waals surface area contributed by atoms with E-state index in [4.69, 9.17) is 0 Å². The number of thiophene rings is 1. The van der Waals surface area contributed by atoms with Crippen molar-refractivity contribution in [3.8, 4) is 0 Å². The third-order valence-electron chi connectivity index (χ3n) is 5.40. The summed E-state index contributed by atoms with van der Waals surface area (Å²) < 4.78 is 1.10. The van der Waals surface area contributed by atoms with Gasteiger partial charge in [-0.15, -0.1) is 11.3 Å². The van der Waals surface area contributed by atoms with Gasteiger partial charge in [-0.1, -0.05) is 13.8 Å². The van der Waals surface area contributed by atoms with Crippen molar-refractivity contribution in [2.45, 2.75) is 39.2 Å². The standard InChI is InChI=1S/C19H25N3O2S/c1-12(2)16-11-21(7-5-18(23)22(16)10-13-3-4-13)19(24)15-9-17-14(20-15)6-8-25-17/h6,8-9,12-13,16,20H,3-5,7,10-11H2,1-2H3/t16-/m1/s1. The van der Waals surface area contributed by atoms with Crippen LogP contribution in [0.2, 0.25) is 0 Å². The zero-order chi connectivity index (χ0) is 17.6. The third kappa shape index (κ3) is 3.32. The summed E-state index contributed by atoms with van der Waals surface area (Å²) in [6, 6.07) is 4.04. The Kier molecular flexibility index (Phi) is 4.31. The molecule has 1 atom stereocenters. The van der Waals surface area contributed by atoms with Crippen molar-refractivity contribution in [1.29, 1.82) is 0 Å². The van der Waals surface area contributed by atoms with Crippen LogP contribution in [0.1, 0.15) is 43.6 Å². The molecule has 3 heterocycles. The van der Waals surface area contributed by atoms with E-state index in [9.17, 15) is 9.59 Å². The first kappa shape index (κ1) is 16.6. The molecule has 2 aromatic heterocycles. The number of aromatic nitrogens is 1. The molecule has 0 aromatic carbocycles. The molecule has 1 saturated carbocycles. The predicted octanol–water partition coefficient (Wildman–Crippen LogP) is 3.34. The lowest BCUT2D eigenvalue weighted by molar-refractivity contribution is -0.133. The molecule has 2 aliphatic rings. The second-order valence-corrected chi connectivity index (χ2v) is 8.63. The predicted molar refractivity (Wildman–Crippen MR) is 99.8 cm³/mol. The van der Waals surface area contributed by atoms with Gasteiger partial charge in [0, 0.05) is 26.1 Å². The minimum absolute atomic E-state index is 0.00937. The Labute approximate surface area is 152 Å². The number of nitrogens with zero attached hydrogens (tertiary/aromatic N) is 2. The molecule has 4 rings (SSSR count). The average Bonchev–Trinajstić information content (AvgIpc) is 3.18. The van der Waals surface area contributed by atoms with Crippen molar-refractivity contribution in [2.75, 3.05) is 19.6 Å². The average molecular weight is 359 g/mol. The lowest BCUT2D eigenvalue weighted by Crippen LogP contribution is -2.48. The van der Waals surface area contributed by atoms with Gasteiger partial charge >= 0.3 is 0 Å². The van der Waals surface area contributed by atoms with E-state index in [2.05, 4.69) is 23.7 Å². The van der Waals surface area contributed by atoms with Gasteiger partial charge in [0.1, 0.15) is 5.69 Å². The van der Waals surface area contributed by atoms with Crippen LogP contribution in [0.3, 0.4) is 0 Å². The van der Waals surface area contributed by atoms with Gasteiger partial charge in [-0.05, 0) is 42.2 Å². The van der Waals surface area contributed by atoms with E-state index in [0.717, 1.165) is 16.8 Å². The van der Waals surface area contributed by atoms with Crippen molar-refractivity contribution >= 4 is 33.4 Å². The molecule has 5 nitrogen and oxygen atoms in total. The molecule has 2 fully saturated rings. The molecule has 2 amide bonds. The second kappa shape index (κ2) is 6.48. The van der Waals surface area contributed by atoms with E-state index in [0.29, 0.717) is 37.0 Å². The van der Waals surface area contributed by atoms with Crippen LogP contribution in [-0.2, 0) is 4.79 Å². The number of amides is 2. The van der Waals surface area contributed by atoms with Crippen LogP contribution in [0.4, 0.5) is 0 Å². The lowest BCUT2D eigenvalue weighted by atomic mass is 10.0. The fourth-order valence-electron chi connectivity index (χ4n) is 3.68. The summed E-state index contributed by atoms with van der Waals surface area (Å²) in [6.45, 7) is 6.30. The van der Waals surface area contributed by atoms with Crippen molar-refractivity contribution in [3.05, 3.63) is 23.2 Å². The molecule has 0 unspecified atom stereocenters. The Balaban J connectivity index is 1.56. The molecule has 0 bridgehead atoms. The highest BCUT2D eigenvalue weighted by molar-refractivity contribution is 7.17. The van der Waals surface area contributed by atoms with Gasteiger partial charge in [0.05, 0.1) is 16.3 Å². The molecular formula is C19H25N3O2S. The van der Waals surface area contributed by atoms with Gasteiger partial charge in [-0.2, -0.15) is 0 Å². The smallest absolute Gasteiger partial charge is 0.270 e. The van der Waals surface area contributed by atoms with Crippen LogP contribution in [-0.4, -0.2) is 52.3 Å². The number of aromatic amines is 1. The van der Waals surface area contributed by atoms with Crippen LogP contribution < -0.4 is 0 Å². The van der Waals surface area contributed by atoms with Crippen molar-refractivity contribution in [2.24, 2.45) is 11.8 Å². The van der Waals surface area contributed by atoms with Crippen LogP contribution >= 0.6 is 11.3 Å². The number of nitrogens with one attached hydrogen (secondary N) is 1. The maximum Gasteiger partial charge on any atom is 0.270 e. The van der Waals surface area contributed by atoms with E-state index < -0.39 is 0 Å². The highest BCUT2D eigenvalue weighted by atomic mass is 32.1. The molecule has 0 spiro atoms. The van der Waals surface area contributed by atoms with Gasteiger partial charge < -0.3 is 14.8 Å². The quantitative estimate of drug-likeness (QED) is 0.910. The minimum Gasteiger partial charge on any atom is -0.350 e. The van der Waals surface area contributed by atoms with Gasteiger partial charge in [0.25, 0.3) is 5.91 Å². The molecule has 6 heteroatoms. The normalized spacial score (nSPS) is 22.0. The molecule has 1 aliphatic heterocycles. The van der Waals surface area contributed by atoms with E-state index >= 15 is 0 Å². The summed E-state index contributed by atoms with van der Waals surface area (Å²) in [5.74, 6) is 1.22. The lowest BCUT2D eigenvalue weighted by Gasteiger charge is -2.34. The molecule has 1 N–H and O–H groups in total. The van der Waals surface area contributed by atoms with Crippen LogP contribution in [0.15, 0.2) is 17.5 Å². The number of carbonyl (C=O) groups is 2. The second-order valence-electron chi connectivity index (χ2n) is 7.68. The number of H-pyrrole nitrogens is 1. The SMILES string of the molecule is CC(C)[C@H]1CN(C(=O)c2cc3sccc3[nH]2)CCC(=O)N1CC1CC1. The summed E-state index contributed by atoms with van der Waals surface area (Å²) in [6.07, 6.45) is 2.89. The summed E-state index contributed by atoms with van der Waals surface area (Å²) in [7, 11) is 0. The van der Waals surface area contributed by atoms with Crippen molar-refractivity contribution < 1.29 is 9.59 Å². The fraction of sp³-hybridized carbons (Fsp3) is 0.579. The molecule has 134 valence electrons. The largest absolute Gasteiger partial charge is 0.350 e. The van der Waals surface area contributed by atoms with E-state index in [-0.39, 0.29) is 17.9 Å². The molecule has 1 saturated heterocycles. The van der Waals surface area contributed by atoms with E-state index in [1.807, 2.05) is 22.4 Å². The number of carbonyl (C=O) groups excluding carboxylic acids is 2. The molecular weight excluding hydrogens is 334 g/mol. The van der Waals surface area contributed by atoms with Gasteiger partial charge in [0.15, 0.2) is 0 Å². The number of hydrogen-bond acceptors (Lipinski definition) is 3. The number of hydrogen-bond donors (Lipinski definition) is 1. The van der Waals surface area contributed by atoms with Crippen molar-refractivity contribution in [3.63, 3.8) is 0 Å². The first-order chi connectivity index (χ1) is 12.0. The Morgan fingerprint density at radius 3 is 2.88 bits per heavy atom. The summed E-state index contributed by atoms with van der Waals surface area (Å²) in [4.78, 5) is 32.8. The zero-order valence-corrected chi connectivity index (χ0v) is 15.6. The Hall–Kier alpha value is -1.82. The highest BCUT2D eigenvalue weighted by Crippen LogP contribution is 2.32. The molecule has 1 aliphatic carbocycles. The third-order valence-corrected chi connectivity index (χ3v) is 6.27. The first-order valence-corrected chi connectivity index (χ1v) is 10.1. The van der Waals surface area contributed by atoms with Crippen LogP contribution in [0.25, 0.3) is 10.2 Å². The highest BCUT2D eigenvalue weighted by Gasteiger charge is 2.37. The van der Waals surface area contributed by atoms with Crippen molar-refractivity contribution in [1.82, 2.24) is 14.8 Å². The molecule has 2 aromatic rings. The topological polar surface area (TPSA) is 56.4 Å².